The van der Waals surface area contributed by atoms with Crippen molar-refractivity contribution in [1.82, 2.24) is 5.06 Å². The lowest BCUT2D eigenvalue weighted by Gasteiger charge is -2.46. The van der Waals surface area contributed by atoms with Crippen LogP contribution in [0.1, 0.15) is 103 Å². The molecule has 1 aliphatic heterocycles. The first-order valence-electron chi connectivity index (χ1n) is 20.5. The summed E-state index contributed by atoms with van der Waals surface area (Å²) < 4.78 is 35.1. The van der Waals surface area contributed by atoms with Crippen LogP contribution < -0.4 is 0 Å². The highest BCUT2D eigenvalue weighted by Gasteiger charge is 2.65. The van der Waals surface area contributed by atoms with Gasteiger partial charge in [0.25, 0.3) is 0 Å². The van der Waals surface area contributed by atoms with Crippen LogP contribution in [0.5, 0.6) is 0 Å². The summed E-state index contributed by atoms with van der Waals surface area (Å²) in [7, 11) is -6.84. The van der Waals surface area contributed by atoms with Gasteiger partial charge in [0.2, 0.25) is 5.91 Å². The lowest BCUT2D eigenvalue weighted by Crippen LogP contribution is -2.57. The molecule has 0 spiro atoms. The van der Waals surface area contributed by atoms with Crippen molar-refractivity contribution in [3.63, 3.8) is 0 Å². The van der Waals surface area contributed by atoms with Gasteiger partial charge >= 0.3 is 0 Å². The average Bonchev–Trinajstić information content (AvgIpc) is 3.69. The Hall–Kier alpha value is -0.272. The van der Waals surface area contributed by atoms with Crippen LogP contribution in [0.4, 0.5) is 0 Å². The molecule has 1 fully saturated rings. The van der Waals surface area contributed by atoms with Crippen LogP contribution >= 0.6 is 0 Å². The Morgan fingerprint density at radius 3 is 1.45 bits per heavy atom. The van der Waals surface area contributed by atoms with Crippen LogP contribution in [-0.4, -0.2) is 113 Å². The fraction of sp³-hybridized carbons (Fsp3) is 0.951. The molecule has 0 aromatic rings. The van der Waals surface area contributed by atoms with Crippen molar-refractivity contribution in [3.05, 3.63) is 0 Å². The second-order valence-corrected chi connectivity index (χ2v) is 41.8. The van der Waals surface area contributed by atoms with E-state index in [-0.39, 0.29) is 70.1 Å². The maximum atomic E-state index is 16.1. The predicted octanol–water partition coefficient (Wildman–Crippen LogP) is 9.81. The molecule has 14 heteroatoms. The molecule has 1 aliphatic rings. The number of aliphatic hydroxyl groups is 1. The molecule has 55 heavy (non-hydrogen) atoms. The number of rotatable bonds is 20. The van der Waals surface area contributed by atoms with Crippen LogP contribution in [-0.2, 0) is 36.9 Å². The van der Waals surface area contributed by atoms with Gasteiger partial charge in [0.1, 0.15) is 11.4 Å². The standard InChI is InChI=1S/C41H87NO9Si4/c1-29(26-43)35-41(14,49-35)36(51-55(23,24)40(11,12)13)31(28-48-53(19,20)38(5,6)7)34(45)30(27-47-52(17,18)37(2,3)4)32(25-33(44)42(15)46-16)50-54(21,22)39(8,9)10/h29-32,35-36,43H,25-28H2,1-24H3/t29-,30+,31-,32-,35+,36-,41-/m0/s1. The molecule has 1 rings (SSSR count). The molecule has 1 saturated heterocycles. The second kappa shape index (κ2) is 18.1. The number of epoxide rings is 1. The molecule has 1 amide bonds. The number of ketones is 1. The number of Topliss-reactive ketones (excluding diaryl/α,β-unsaturated/α-hetero) is 1. The number of carbonyl (C=O) groups excluding carboxylic acids is 2. The van der Waals surface area contributed by atoms with Gasteiger partial charge in [-0.25, -0.2) is 5.06 Å². The number of carbonyl (C=O) groups is 2. The van der Waals surface area contributed by atoms with Crippen LogP contribution in [0.15, 0.2) is 0 Å². The van der Waals surface area contributed by atoms with Crippen LogP contribution in [0.2, 0.25) is 72.5 Å². The number of nitrogens with zero attached hydrogens (tertiary/aromatic N) is 1. The van der Waals surface area contributed by atoms with Crippen LogP contribution in [0.3, 0.4) is 0 Å². The Morgan fingerprint density at radius 2 is 1.09 bits per heavy atom. The fourth-order valence-corrected chi connectivity index (χ4v) is 10.4. The van der Waals surface area contributed by atoms with E-state index in [0.717, 1.165) is 0 Å². The Labute approximate surface area is 342 Å². The van der Waals surface area contributed by atoms with E-state index in [1.165, 1.54) is 12.2 Å². The Bertz CT molecular complexity index is 1280. The molecule has 0 radical (unpaired) electrons. The number of hydrogen-bond donors (Lipinski definition) is 1. The first-order valence-corrected chi connectivity index (χ1v) is 32.1. The largest absolute Gasteiger partial charge is 0.416 e. The normalized spacial score (nSPS) is 22.2. The van der Waals surface area contributed by atoms with E-state index in [4.69, 9.17) is 27.3 Å². The molecule has 0 aromatic heterocycles. The second-order valence-electron chi connectivity index (χ2n) is 22.6. The van der Waals surface area contributed by atoms with Gasteiger partial charge in [0, 0.05) is 32.8 Å². The maximum absolute atomic E-state index is 16.1. The van der Waals surface area contributed by atoms with Gasteiger partial charge < -0.3 is 27.5 Å². The molecular formula is C41H87NO9Si4. The first-order chi connectivity index (χ1) is 24.2. The molecule has 0 aromatic carbocycles. The van der Waals surface area contributed by atoms with E-state index in [1.54, 1.807) is 7.05 Å². The van der Waals surface area contributed by atoms with E-state index < -0.39 is 62.9 Å². The SMILES string of the molecule is CON(C)C(=O)C[C@H](O[Si](C)(C)C(C)(C)C)[C@@H](CO[Si](C)(C)C(C)(C)C)C(=O)[C@H](CO[Si](C)(C)C(C)(C)C)[C@H](O[Si](C)(C)C(C)(C)C)[C@@]1(C)O[C@@H]1[C@@H](C)CO. The molecule has 0 bridgehead atoms. The highest BCUT2D eigenvalue weighted by atomic mass is 28.4. The summed E-state index contributed by atoms with van der Waals surface area (Å²) in [5.74, 6) is -2.16. The number of hydrogen-bond acceptors (Lipinski definition) is 9. The lowest BCUT2D eigenvalue weighted by molar-refractivity contribution is -0.171. The number of aliphatic hydroxyl groups excluding tert-OH is 1. The van der Waals surface area contributed by atoms with Gasteiger partial charge in [-0.15, -0.1) is 0 Å². The minimum absolute atomic E-state index is 0.0489. The van der Waals surface area contributed by atoms with Gasteiger partial charge in [-0.05, 0) is 79.5 Å². The van der Waals surface area contributed by atoms with E-state index in [2.05, 4.69) is 135 Å². The summed E-state index contributed by atoms with van der Waals surface area (Å²) in [6.45, 7) is 47.9. The van der Waals surface area contributed by atoms with E-state index in [9.17, 15) is 9.90 Å². The maximum Gasteiger partial charge on any atom is 0.248 e. The van der Waals surface area contributed by atoms with Gasteiger partial charge in [0.15, 0.2) is 33.3 Å². The minimum atomic E-state index is -2.56. The molecule has 7 atom stereocenters. The number of amides is 1. The van der Waals surface area contributed by atoms with Crippen molar-refractivity contribution < 1.29 is 42.0 Å². The molecule has 1 heterocycles. The van der Waals surface area contributed by atoms with Crippen molar-refractivity contribution in [2.24, 2.45) is 17.8 Å². The van der Waals surface area contributed by atoms with Crippen molar-refractivity contribution >= 4 is 45.0 Å². The lowest BCUT2D eigenvalue weighted by atomic mass is 9.79. The third kappa shape index (κ3) is 13.1. The van der Waals surface area contributed by atoms with Gasteiger partial charge in [-0.1, -0.05) is 90.0 Å². The quantitative estimate of drug-likeness (QED) is 0.0726. The molecule has 0 unspecified atom stereocenters. The minimum Gasteiger partial charge on any atom is -0.416 e. The molecule has 0 aliphatic carbocycles. The summed E-state index contributed by atoms with van der Waals surface area (Å²) in [6.07, 6.45) is -1.86. The smallest absolute Gasteiger partial charge is 0.248 e. The van der Waals surface area contributed by atoms with Gasteiger partial charge in [-0.2, -0.15) is 0 Å². The van der Waals surface area contributed by atoms with Gasteiger partial charge in [-0.3, -0.25) is 14.4 Å². The van der Waals surface area contributed by atoms with Crippen LogP contribution in [0, 0.1) is 17.8 Å². The van der Waals surface area contributed by atoms with E-state index in [0.29, 0.717) is 0 Å². The number of hydroxylamine groups is 2. The Morgan fingerprint density at radius 1 is 0.709 bits per heavy atom. The highest BCUT2D eigenvalue weighted by Crippen LogP contribution is 2.51. The topological polar surface area (TPSA) is 116 Å². The fourth-order valence-electron chi connectivity index (χ4n) is 5.56. The van der Waals surface area contributed by atoms with E-state index >= 15 is 4.79 Å². The number of ether oxygens (including phenoxy) is 1. The average molecular weight is 850 g/mol. The zero-order valence-corrected chi connectivity index (χ0v) is 44.0. The summed E-state index contributed by atoms with van der Waals surface area (Å²) >= 11 is 0. The molecule has 0 saturated carbocycles. The Balaban J connectivity index is 4.29. The van der Waals surface area contributed by atoms with Crippen molar-refractivity contribution in [3.8, 4) is 0 Å². The highest BCUT2D eigenvalue weighted by molar-refractivity contribution is 6.75. The molecule has 1 N–H and O–H groups in total. The molecule has 326 valence electrons. The molecule has 10 nitrogen and oxygen atoms in total. The van der Waals surface area contributed by atoms with Crippen LogP contribution in [0.25, 0.3) is 0 Å². The Kier molecular flexibility index (Phi) is 17.4. The van der Waals surface area contributed by atoms with E-state index in [1.807, 2.05) is 13.8 Å². The van der Waals surface area contributed by atoms with Crippen molar-refractivity contribution in [1.29, 1.82) is 0 Å². The van der Waals surface area contributed by atoms with Gasteiger partial charge in [0.05, 0.1) is 43.7 Å². The first kappa shape index (κ1) is 52.7. The zero-order chi connectivity index (χ0) is 43.8. The molecular weight excluding hydrogens is 763 g/mol. The van der Waals surface area contributed by atoms with Crippen molar-refractivity contribution in [2.45, 2.75) is 200 Å². The summed E-state index contributed by atoms with van der Waals surface area (Å²) in [5.41, 5.74) is -0.860. The zero-order valence-electron chi connectivity index (χ0n) is 40.0. The summed E-state index contributed by atoms with van der Waals surface area (Å²) in [5, 5.41) is 10.9. The third-order valence-corrected chi connectivity index (χ3v) is 32.1. The third-order valence-electron chi connectivity index (χ3n) is 14.1. The summed E-state index contributed by atoms with van der Waals surface area (Å²) in [4.78, 5) is 35.2. The van der Waals surface area contributed by atoms with Crippen molar-refractivity contribution in [2.75, 3.05) is 34.0 Å². The summed E-state index contributed by atoms with van der Waals surface area (Å²) in [6, 6.07) is 0. The monoisotopic (exact) mass is 850 g/mol. The predicted molar refractivity (Wildman–Crippen MR) is 236 cm³/mol.